The van der Waals surface area contributed by atoms with E-state index < -0.39 is 0 Å². The maximum atomic E-state index is 12.6. The first kappa shape index (κ1) is 22.5. The Kier molecular flexibility index (Phi) is 9.09. The third-order valence-corrected chi connectivity index (χ3v) is 4.88. The molecule has 0 radical (unpaired) electrons. The molecule has 0 spiro atoms. The van der Waals surface area contributed by atoms with E-state index in [1.165, 1.54) is 6.42 Å². The molecule has 146 valence electrons. The van der Waals surface area contributed by atoms with Gasteiger partial charge < -0.3 is 16.4 Å². The standard InChI is InChI=1S/C20H31N3O2.ClH/c1-13(2)10-19(24)22-17-9-8-15(11-14(17)3)20(25)23-18-7-5-4-6-16(18)12-21;/h8-9,11,13,16,18H,4-7,10,12,21H2,1-3H3,(H,22,24)(H,23,25);1H. The van der Waals surface area contributed by atoms with Gasteiger partial charge in [-0.05, 0) is 61.9 Å². The fraction of sp³-hybridized carbons (Fsp3) is 0.600. The molecule has 0 aliphatic heterocycles. The van der Waals surface area contributed by atoms with Gasteiger partial charge in [-0.3, -0.25) is 9.59 Å². The number of carbonyl (C=O) groups is 2. The summed E-state index contributed by atoms with van der Waals surface area (Å²) in [5.41, 5.74) is 8.12. The van der Waals surface area contributed by atoms with Crippen LogP contribution in [0, 0.1) is 18.8 Å². The van der Waals surface area contributed by atoms with Crippen LogP contribution in [0.1, 0.15) is 61.9 Å². The second kappa shape index (κ2) is 10.5. The molecule has 4 N–H and O–H groups in total. The van der Waals surface area contributed by atoms with E-state index in [9.17, 15) is 9.59 Å². The summed E-state index contributed by atoms with van der Waals surface area (Å²) in [5.74, 6) is 0.626. The van der Waals surface area contributed by atoms with Crippen LogP contribution in [-0.2, 0) is 4.79 Å². The molecule has 1 aromatic rings. The number of aryl methyl sites for hydroxylation is 1. The molecule has 1 saturated carbocycles. The van der Waals surface area contributed by atoms with Crippen LogP contribution < -0.4 is 16.4 Å². The Balaban J connectivity index is 0.00000338. The van der Waals surface area contributed by atoms with Crippen molar-refractivity contribution < 1.29 is 9.59 Å². The molecule has 1 fully saturated rings. The summed E-state index contributed by atoms with van der Waals surface area (Å²) in [6, 6.07) is 5.58. The van der Waals surface area contributed by atoms with Crippen LogP contribution in [0.25, 0.3) is 0 Å². The van der Waals surface area contributed by atoms with Crippen molar-refractivity contribution in [3.8, 4) is 0 Å². The van der Waals surface area contributed by atoms with E-state index in [-0.39, 0.29) is 30.3 Å². The van der Waals surface area contributed by atoms with Gasteiger partial charge in [0, 0.05) is 23.7 Å². The molecule has 26 heavy (non-hydrogen) atoms. The zero-order valence-electron chi connectivity index (χ0n) is 16.0. The Bertz CT molecular complexity index is 619. The van der Waals surface area contributed by atoms with E-state index in [0.717, 1.165) is 30.5 Å². The first-order valence-corrected chi connectivity index (χ1v) is 9.32. The van der Waals surface area contributed by atoms with Gasteiger partial charge in [0.1, 0.15) is 0 Å². The number of anilines is 1. The number of rotatable bonds is 6. The fourth-order valence-electron chi connectivity index (χ4n) is 3.45. The minimum Gasteiger partial charge on any atom is -0.349 e. The lowest BCUT2D eigenvalue weighted by Gasteiger charge is -2.31. The molecule has 0 aromatic heterocycles. The van der Waals surface area contributed by atoms with E-state index in [1.54, 1.807) is 6.07 Å². The van der Waals surface area contributed by atoms with Gasteiger partial charge in [-0.25, -0.2) is 0 Å². The van der Waals surface area contributed by atoms with Crippen molar-refractivity contribution in [2.75, 3.05) is 11.9 Å². The number of hydrogen-bond donors (Lipinski definition) is 3. The third-order valence-electron chi connectivity index (χ3n) is 4.88. The number of amides is 2. The molecule has 1 aliphatic carbocycles. The monoisotopic (exact) mass is 381 g/mol. The lowest BCUT2D eigenvalue weighted by atomic mass is 9.84. The van der Waals surface area contributed by atoms with Gasteiger partial charge in [0.25, 0.3) is 5.91 Å². The minimum absolute atomic E-state index is 0. The highest BCUT2D eigenvalue weighted by molar-refractivity contribution is 5.96. The maximum absolute atomic E-state index is 12.6. The van der Waals surface area contributed by atoms with Crippen LogP contribution >= 0.6 is 12.4 Å². The van der Waals surface area contributed by atoms with Crippen molar-refractivity contribution in [2.45, 2.75) is 58.9 Å². The first-order valence-electron chi connectivity index (χ1n) is 9.32. The lowest BCUT2D eigenvalue weighted by Crippen LogP contribution is -2.44. The highest BCUT2D eigenvalue weighted by atomic mass is 35.5. The van der Waals surface area contributed by atoms with Crippen LogP contribution in [0.3, 0.4) is 0 Å². The quantitative estimate of drug-likeness (QED) is 0.703. The third kappa shape index (κ3) is 6.29. The number of nitrogens with two attached hydrogens (primary N) is 1. The van der Waals surface area contributed by atoms with Crippen LogP contribution in [0.15, 0.2) is 18.2 Å². The number of benzene rings is 1. The highest BCUT2D eigenvalue weighted by Crippen LogP contribution is 2.24. The molecule has 0 bridgehead atoms. The predicted octanol–water partition coefficient (Wildman–Crippen LogP) is 3.65. The second-order valence-corrected chi connectivity index (χ2v) is 7.54. The molecular weight excluding hydrogens is 350 g/mol. The highest BCUT2D eigenvalue weighted by Gasteiger charge is 2.25. The summed E-state index contributed by atoms with van der Waals surface area (Å²) in [6.07, 6.45) is 4.90. The fourth-order valence-corrected chi connectivity index (χ4v) is 3.45. The first-order chi connectivity index (χ1) is 11.9. The van der Waals surface area contributed by atoms with E-state index in [1.807, 2.05) is 32.9 Å². The van der Waals surface area contributed by atoms with Gasteiger partial charge in [0.15, 0.2) is 0 Å². The van der Waals surface area contributed by atoms with Gasteiger partial charge in [-0.1, -0.05) is 26.7 Å². The van der Waals surface area contributed by atoms with Gasteiger partial charge in [-0.15, -0.1) is 12.4 Å². The van der Waals surface area contributed by atoms with Crippen molar-refractivity contribution in [3.63, 3.8) is 0 Å². The molecule has 0 heterocycles. The van der Waals surface area contributed by atoms with Crippen molar-refractivity contribution >= 4 is 29.9 Å². The summed E-state index contributed by atoms with van der Waals surface area (Å²) in [5, 5.41) is 6.06. The van der Waals surface area contributed by atoms with E-state index in [0.29, 0.717) is 30.4 Å². The Morgan fingerprint density at radius 1 is 1.23 bits per heavy atom. The van der Waals surface area contributed by atoms with E-state index >= 15 is 0 Å². The van der Waals surface area contributed by atoms with E-state index in [4.69, 9.17) is 5.73 Å². The molecular formula is C20H32ClN3O2. The summed E-state index contributed by atoms with van der Waals surface area (Å²) >= 11 is 0. The van der Waals surface area contributed by atoms with Crippen LogP contribution in [0.5, 0.6) is 0 Å². The van der Waals surface area contributed by atoms with Crippen LogP contribution in [0.4, 0.5) is 5.69 Å². The zero-order valence-corrected chi connectivity index (χ0v) is 16.8. The molecule has 0 saturated heterocycles. The summed E-state index contributed by atoms with van der Waals surface area (Å²) in [6.45, 7) is 6.55. The predicted molar refractivity (Wildman–Crippen MR) is 109 cm³/mol. The molecule has 2 unspecified atom stereocenters. The average molecular weight is 382 g/mol. The van der Waals surface area contributed by atoms with E-state index in [2.05, 4.69) is 10.6 Å². The minimum atomic E-state index is -0.0616. The normalized spacial score (nSPS) is 19.6. The van der Waals surface area contributed by atoms with Crippen molar-refractivity contribution in [1.82, 2.24) is 5.32 Å². The second-order valence-electron chi connectivity index (χ2n) is 7.54. The lowest BCUT2D eigenvalue weighted by molar-refractivity contribution is -0.116. The molecule has 1 aromatic carbocycles. The summed E-state index contributed by atoms with van der Waals surface area (Å²) < 4.78 is 0. The molecule has 2 rings (SSSR count). The molecule has 5 nitrogen and oxygen atoms in total. The van der Waals surface area contributed by atoms with Crippen molar-refractivity contribution in [1.29, 1.82) is 0 Å². The number of carbonyl (C=O) groups excluding carboxylic acids is 2. The molecule has 2 amide bonds. The van der Waals surface area contributed by atoms with Gasteiger partial charge in [0.2, 0.25) is 5.91 Å². The topological polar surface area (TPSA) is 84.2 Å². The van der Waals surface area contributed by atoms with Crippen LogP contribution in [0.2, 0.25) is 0 Å². The average Bonchev–Trinajstić information content (AvgIpc) is 2.56. The van der Waals surface area contributed by atoms with Gasteiger partial charge >= 0.3 is 0 Å². The SMILES string of the molecule is Cc1cc(C(=O)NC2CCCCC2CN)ccc1NC(=O)CC(C)C.Cl. The molecule has 2 atom stereocenters. The number of hydrogen-bond acceptors (Lipinski definition) is 3. The summed E-state index contributed by atoms with van der Waals surface area (Å²) in [4.78, 5) is 24.5. The number of nitrogens with one attached hydrogen (secondary N) is 2. The maximum Gasteiger partial charge on any atom is 0.251 e. The van der Waals surface area contributed by atoms with Crippen molar-refractivity contribution in [3.05, 3.63) is 29.3 Å². The van der Waals surface area contributed by atoms with Gasteiger partial charge in [0.05, 0.1) is 0 Å². The Labute approximate surface area is 162 Å². The Morgan fingerprint density at radius 3 is 2.54 bits per heavy atom. The number of halogens is 1. The Morgan fingerprint density at radius 2 is 1.92 bits per heavy atom. The van der Waals surface area contributed by atoms with Gasteiger partial charge in [-0.2, -0.15) is 0 Å². The smallest absolute Gasteiger partial charge is 0.251 e. The Hall–Kier alpha value is -1.59. The molecule has 6 heteroatoms. The largest absolute Gasteiger partial charge is 0.349 e. The van der Waals surface area contributed by atoms with Crippen molar-refractivity contribution in [2.24, 2.45) is 17.6 Å². The zero-order chi connectivity index (χ0) is 18.4. The molecule has 1 aliphatic rings. The summed E-state index contributed by atoms with van der Waals surface area (Å²) in [7, 11) is 0. The van der Waals surface area contributed by atoms with Crippen LogP contribution in [-0.4, -0.2) is 24.4 Å².